The van der Waals surface area contributed by atoms with E-state index in [4.69, 9.17) is 0 Å². The highest BCUT2D eigenvalue weighted by Crippen LogP contribution is 2.35. The highest BCUT2D eigenvalue weighted by molar-refractivity contribution is 5.96. The van der Waals surface area contributed by atoms with Crippen LogP contribution in [0.3, 0.4) is 0 Å². The van der Waals surface area contributed by atoms with Crippen LogP contribution in [0.4, 0.5) is 13.2 Å². The number of rotatable bonds is 8. The number of aryl methyl sites for hydroxylation is 3. The number of halogens is 3. The fraction of sp³-hybridized carbons (Fsp3) is 0.464. The molecule has 0 aliphatic carbocycles. The van der Waals surface area contributed by atoms with E-state index in [9.17, 15) is 13.2 Å². The summed E-state index contributed by atoms with van der Waals surface area (Å²) in [5.41, 5.74) is 3.41. The van der Waals surface area contributed by atoms with E-state index in [1.807, 2.05) is 18.2 Å². The Morgan fingerprint density at radius 3 is 2.41 bits per heavy atom. The molecule has 2 aromatic rings. The van der Waals surface area contributed by atoms with Crippen molar-refractivity contribution < 1.29 is 13.2 Å². The van der Waals surface area contributed by atoms with Crippen molar-refractivity contribution in [2.45, 2.75) is 64.1 Å². The van der Waals surface area contributed by atoms with E-state index in [2.05, 4.69) is 41.3 Å². The number of benzene rings is 2. The molecule has 1 N–H and O–H groups in total. The molecule has 1 saturated heterocycles. The topological polar surface area (TPSA) is 27.6 Å². The largest absolute Gasteiger partial charge is 0.416 e. The van der Waals surface area contributed by atoms with Gasteiger partial charge in [-0.2, -0.15) is 13.2 Å². The maximum absolute atomic E-state index is 14.0. The molecule has 1 atom stereocenters. The van der Waals surface area contributed by atoms with Crippen LogP contribution in [0, 0.1) is 0 Å². The summed E-state index contributed by atoms with van der Waals surface area (Å²) in [5.74, 6) is 0.859. The van der Waals surface area contributed by atoms with Gasteiger partial charge in [0.05, 0.1) is 18.2 Å². The summed E-state index contributed by atoms with van der Waals surface area (Å²) >= 11 is 0. The first-order valence-corrected chi connectivity index (χ1v) is 12.3. The lowest BCUT2D eigenvalue weighted by atomic mass is 9.95. The average molecular weight is 470 g/mol. The van der Waals surface area contributed by atoms with Crippen LogP contribution in [0.15, 0.2) is 53.5 Å². The summed E-state index contributed by atoms with van der Waals surface area (Å²) in [5, 5.41) is 3.32. The molecule has 0 bridgehead atoms. The Balaban J connectivity index is 1.48. The minimum absolute atomic E-state index is 0.207. The molecule has 0 radical (unpaired) electrons. The SMILES string of the molecule is CCCCc1ccc(CCc2ccc(C3=CCN=C(C4CCCN4C)N3)cc2C(F)(F)F)cc1. The highest BCUT2D eigenvalue weighted by Gasteiger charge is 2.34. The Kier molecular flexibility index (Phi) is 7.77. The van der Waals surface area contributed by atoms with Crippen LogP contribution >= 0.6 is 0 Å². The van der Waals surface area contributed by atoms with Crippen LogP contribution < -0.4 is 5.32 Å². The van der Waals surface area contributed by atoms with Crippen molar-refractivity contribution in [1.29, 1.82) is 0 Å². The summed E-state index contributed by atoms with van der Waals surface area (Å²) in [6.07, 6.45) is 3.88. The summed E-state index contributed by atoms with van der Waals surface area (Å²) in [6.45, 7) is 3.66. The molecule has 2 heterocycles. The van der Waals surface area contributed by atoms with Gasteiger partial charge >= 0.3 is 6.18 Å². The quantitative estimate of drug-likeness (QED) is 0.493. The summed E-state index contributed by atoms with van der Waals surface area (Å²) in [7, 11) is 2.06. The number of nitrogens with one attached hydrogen (secondary N) is 1. The van der Waals surface area contributed by atoms with Crippen LogP contribution in [0.25, 0.3) is 5.70 Å². The van der Waals surface area contributed by atoms with E-state index in [0.717, 1.165) is 50.0 Å². The number of hydrogen-bond acceptors (Lipinski definition) is 3. The molecule has 1 unspecified atom stereocenters. The fourth-order valence-corrected chi connectivity index (χ4v) is 4.86. The highest BCUT2D eigenvalue weighted by atomic mass is 19.4. The van der Waals surface area contributed by atoms with Crippen LogP contribution in [0.5, 0.6) is 0 Å². The van der Waals surface area contributed by atoms with Gasteiger partial charge in [0, 0.05) is 5.70 Å². The lowest BCUT2D eigenvalue weighted by Crippen LogP contribution is -2.42. The summed E-state index contributed by atoms with van der Waals surface area (Å²) in [6, 6.07) is 13.2. The molecular formula is C28H34F3N3. The molecule has 0 spiro atoms. The molecule has 0 saturated carbocycles. The van der Waals surface area contributed by atoms with Crippen LogP contribution in [-0.4, -0.2) is 36.9 Å². The first kappa shape index (κ1) is 24.5. The number of nitrogens with zero attached hydrogens (tertiary/aromatic N) is 2. The molecule has 3 nitrogen and oxygen atoms in total. The minimum Gasteiger partial charge on any atom is -0.342 e. The normalized spacial score (nSPS) is 19.0. The predicted octanol–water partition coefficient (Wildman–Crippen LogP) is 6.27. The molecule has 2 aliphatic heterocycles. The first-order chi connectivity index (χ1) is 16.3. The Bertz CT molecular complexity index is 1040. The number of alkyl halides is 3. The molecule has 0 aromatic heterocycles. The third kappa shape index (κ3) is 5.90. The third-order valence-corrected chi connectivity index (χ3v) is 6.91. The van der Waals surface area contributed by atoms with Crippen LogP contribution in [0.1, 0.15) is 60.4 Å². The monoisotopic (exact) mass is 469 g/mol. The minimum atomic E-state index is -4.40. The van der Waals surface area contributed by atoms with Crippen molar-refractivity contribution in [3.8, 4) is 0 Å². The Morgan fingerprint density at radius 1 is 1.03 bits per heavy atom. The van der Waals surface area contributed by atoms with Crippen molar-refractivity contribution in [3.05, 3.63) is 76.4 Å². The Labute approximate surface area is 200 Å². The van der Waals surface area contributed by atoms with Gasteiger partial charge in [-0.05, 0) is 86.5 Å². The van der Waals surface area contributed by atoms with Gasteiger partial charge in [-0.15, -0.1) is 0 Å². The van der Waals surface area contributed by atoms with Crippen LogP contribution in [0.2, 0.25) is 0 Å². The standard InChI is InChI=1S/C28H34F3N3/c1-3-4-6-20-8-10-21(11-9-20)12-13-22-14-15-23(19-24(22)28(29,30)31)25-16-17-32-27(33-25)26-7-5-18-34(26)2/h8-11,14-16,19,26H,3-7,12-13,17-18H2,1-2H3,(H,32,33). The average Bonchev–Trinajstić information content (AvgIpc) is 3.27. The molecule has 1 fully saturated rings. The number of likely N-dealkylation sites (N-methyl/N-ethyl adjacent to an activating group) is 1. The zero-order valence-corrected chi connectivity index (χ0v) is 20.1. The Morgan fingerprint density at radius 2 is 1.76 bits per heavy atom. The van der Waals surface area contributed by atoms with Gasteiger partial charge in [0.1, 0.15) is 5.84 Å². The summed E-state index contributed by atoms with van der Waals surface area (Å²) < 4.78 is 42.0. The van der Waals surface area contributed by atoms with E-state index in [1.165, 1.54) is 11.6 Å². The second-order valence-corrected chi connectivity index (χ2v) is 9.40. The number of unbranched alkanes of at least 4 members (excludes halogenated alkanes) is 1. The lowest BCUT2D eigenvalue weighted by molar-refractivity contribution is -0.138. The first-order valence-electron chi connectivity index (χ1n) is 12.3. The predicted molar refractivity (Wildman–Crippen MR) is 133 cm³/mol. The second-order valence-electron chi connectivity index (χ2n) is 9.40. The second kappa shape index (κ2) is 10.8. The molecule has 6 heteroatoms. The van der Waals surface area contributed by atoms with E-state index < -0.39 is 11.7 Å². The van der Waals surface area contributed by atoms with Crippen molar-refractivity contribution in [1.82, 2.24) is 10.2 Å². The van der Waals surface area contributed by atoms with Crippen molar-refractivity contribution >= 4 is 11.5 Å². The number of aliphatic imine (C=N–C) groups is 1. The molecule has 4 rings (SSSR count). The van der Waals surface area contributed by atoms with Gasteiger partial charge in [0.15, 0.2) is 0 Å². The van der Waals surface area contributed by atoms with E-state index in [1.54, 1.807) is 12.1 Å². The van der Waals surface area contributed by atoms with Gasteiger partial charge in [0.25, 0.3) is 0 Å². The van der Waals surface area contributed by atoms with Gasteiger partial charge in [-0.1, -0.05) is 49.7 Å². The van der Waals surface area contributed by atoms with E-state index in [0.29, 0.717) is 36.2 Å². The third-order valence-electron chi connectivity index (χ3n) is 6.91. The van der Waals surface area contributed by atoms with Crippen molar-refractivity contribution in [2.24, 2.45) is 4.99 Å². The number of likely N-dealkylation sites (tertiary alicyclic amines) is 1. The smallest absolute Gasteiger partial charge is 0.342 e. The zero-order valence-electron chi connectivity index (χ0n) is 20.1. The van der Waals surface area contributed by atoms with Gasteiger partial charge < -0.3 is 5.32 Å². The molecule has 34 heavy (non-hydrogen) atoms. The Hall–Kier alpha value is -2.60. The van der Waals surface area contributed by atoms with Gasteiger partial charge in [0.2, 0.25) is 0 Å². The van der Waals surface area contributed by atoms with E-state index in [-0.39, 0.29) is 6.04 Å². The van der Waals surface area contributed by atoms with Gasteiger partial charge in [-0.25, -0.2) is 0 Å². The maximum atomic E-state index is 14.0. The lowest BCUT2D eigenvalue weighted by Gasteiger charge is -2.26. The molecule has 2 aromatic carbocycles. The number of amidine groups is 1. The zero-order chi connectivity index (χ0) is 24.1. The van der Waals surface area contributed by atoms with Crippen molar-refractivity contribution in [2.75, 3.05) is 20.1 Å². The van der Waals surface area contributed by atoms with Gasteiger partial charge in [-0.3, -0.25) is 9.89 Å². The molecule has 0 amide bonds. The van der Waals surface area contributed by atoms with Crippen LogP contribution in [-0.2, 0) is 25.4 Å². The molecule has 2 aliphatic rings. The van der Waals surface area contributed by atoms with E-state index >= 15 is 0 Å². The van der Waals surface area contributed by atoms with Crippen molar-refractivity contribution in [3.63, 3.8) is 0 Å². The summed E-state index contributed by atoms with van der Waals surface area (Å²) in [4.78, 5) is 6.82. The molecule has 182 valence electrons. The number of hydrogen-bond donors (Lipinski definition) is 1. The fourth-order valence-electron chi connectivity index (χ4n) is 4.86. The maximum Gasteiger partial charge on any atom is 0.416 e. The molecular weight excluding hydrogens is 435 g/mol.